The van der Waals surface area contributed by atoms with Gasteiger partial charge in [-0.1, -0.05) is 42.5 Å². The number of methoxy groups -OCH3 is 1. The van der Waals surface area contributed by atoms with Crippen molar-refractivity contribution in [3.63, 3.8) is 0 Å². The van der Waals surface area contributed by atoms with Crippen molar-refractivity contribution in [3.05, 3.63) is 65.7 Å². The van der Waals surface area contributed by atoms with Crippen molar-refractivity contribution in [1.82, 2.24) is 0 Å². The van der Waals surface area contributed by atoms with Gasteiger partial charge in [-0.2, -0.15) is 0 Å². The molecule has 2 aromatic carbocycles. The van der Waals surface area contributed by atoms with E-state index in [2.05, 4.69) is 4.52 Å². The van der Waals surface area contributed by atoms with E-state index < -0.39 is 19.7 Å². The molecular weight excluding hydrogens is 319 g/mol. The molecule has 0 heterocycles. The molecule has 0 aliphatic carbocycles. The number of benzene rings is 2. The summed E-state index contributed by atoms with van der Waals surface area (Å²) in [4.78, 5) is 24.3. The summed E-state index contributed by atoms with van der Waals surface area (Å²) < 4.78 is 26.0. The van der Waals surface area contributed by atoms with Crippen LogP contribution in [-0.2, 0) is 13.6 Å². The molecule has 0 saturated carbocycles. The molecule has 2 unspecified atom stereocenters. The predicted octanol–water partition coefficient (Wildman–Crippen LogP) is 2.75. The van der Waals surface area contributed by atoms with Gasteiger partial charge in [0.2, 0.25) is 0 Å². The van der Waals surface area contributed by atoms with Crippen molar-refractivity contribution in [2.45, 2.75) is 6.10 Å². The number of hydrogen-bond donors (Lipinski definition) is 0. The zero-order valence-electron chi connectivity index (χ0n) is 12.7. The SMILES string of the molecule is COc1ccc(C(OP(=O)([O-])OC)C(=O)c2ccccc2)cc1. The predicted molar refractivity (Wildman–Crippen MR) is 82.2 cm³/mol. The molecule has 0 fully saturated rings. The summed E-state index contributed by atoms with van der Waals surface area (Å²) in [7, 11) is -2.10. The summed E-state index contributed by atoms with van der Waals surface area (Å²) in [6, 6.07) is 14.7. The number of carbonyl (C=O) groups is 1. The first-order valence-corrected chi connectivity index (χ1v) is 8.21. The van der Waals surface area contributed by atoms with Crippen molar-refractivity contribution in [1.29, 1.82) is 0 Å². The summed E-state index contributed by atoms with van der Waals surface area (Å²) in [5.41, 5.74) is 0.720. The number of rotatable bonds is 7. The van der Waals surface area contributed by atoms with Crippen molar-refractivity contribution in [2.24, 2.45) is 0 Å². The second-order valence-electron chi connectivity index (χ2n) is 4.62. The third-order valence-electron chi connectivity index (χ3n) is 3.17. The minimum atomic E-state index is -4.59. The van der Waals surface area contributed by atoms with E-state index in [0.717, 1.165) is 7.11 Å². The van der Waals surface area contributed by atoms with E-state index in [-0.39, 0.29) is 0 Å². The number of hydrogen-bond acceptors (Lipinski definition) is 6. The summed E-state index contributed by atoms with van der Waals surface area (Å²) in [5.74, 6) is 0.0978. The van der Waals surface area contributed by atoms with Gasteiger partial charge < -0.3 is 18.7 Å². The lowest BCUT2D eigenvalue weighted by Gasteiger charge is -2.26. The highest BCUT2D eigenvalue weighted by atomic mass is 31.2. The fourth-order valence-corrected chi connectivity index (χ4v) is 2.53. The highest BCUT2D eigenvalue weighted by Gasteiger charge is 2.27. The maximum absolute atomic E-state index is 12.6. The Bertz CT molecular complexity index is 698. The van der Waals surface area contributed by atoms with Crippen LogP contribution in [-0.4, -0.2) is 20.0 Å². The Balaban J connectivity index is 2.38. The van der Waals surface area contributed by atoms with Gasteiger partial charge in [-0.25, -0.2) is 0 Å². The van der Waals surface area contributed by atoms with Crippen LogP contribution in [0.1, 0.15) is 22.0 Å². The van der Waals surface area contributed by atoms with Crippen LogP contribution < -0.4 is 9.63 Å². The molecule has 0 aliphatic rings. The molecule has 0 radical (unpaired) electrons. The average molecular weight is 335 g/mol. The molecular formula is C16H16O6P-. The zero-order valence-corrected chi connectivity index (χ0v) is 13.6. The van der Waals surface area contributed by atoms with Gasteiger partial charge in [-0.3, -0.25) is 9.36 Å². The minimum absolute atomic E-state index is 0.337. The van der Waals surface area contributed by atoms with Crippen LogP contribution >= 0.6 is 7.82 Å². The molecule has 0 N–H and O–H groups in total. The van der Waals surface area contributed by atoms with E-state index in [1.54, 1.807) is 54.6 Å². The van der Waals surface area contributed by atoms with Gasteiger partial charge >= 0.3 is 0 Å². The van der Waals surface area contributed by atoms with Gasteiger partial charge in [0.25, 0.3) is 7.82 Å². The number of carbonyl (C=O) groups excluding carboxylic acids is 1. The monoisotopic (exact) mass is 335 g/mol. The molecule has 0 aromatic heterocycles. The highest BCUT2D eigenvalue weighted by Crippen LogP contribution is 2.44. The molecule has 0 bridgehead atoms. The van der Waals surface area contributed by atoms with Crippen LogP contribution in [0, 0.1) is 0 Å². The van der Waals surface area contributed by atoms with E-state index in [9.17, 15) is 14.3 Å². The number of ketones is 1. The quantitative estimate of drug-likeness (QED) is 0.571. The smallest absolute Gasteiger partial charge is 0.268 e. The fourth-order valence-electron chi connectivity index (χ4n) is 1.96. The van der Waals surface area contributed by atoms with Crippen LogP contribution in [0.3, 0.4) is 0 Å². The minimum Gasteiger partial charge on any atom is -0.756 e. The molecule has 6 nitrogen and oxygen atoms in total. The Morgan fingerprint density at radius 2 is 1.65 bits per heavy atom. The molecule has 122 valence electrons. The highest BCUT2D eigenvalue weighted by molar-refractivity contribution is 7.45. The fraction of sp³-hybridized carbons (Fsp3) is 0.188. The molecule has 0 saturated heterocycles. The third kappa shape index (κ3) is 4.50. The largest absolute Gasteiger partial charge is 0.756 e. The topological polar surface area (TPSA) is 84.9 Å². The van der Waals surface area contributed by atoms with E-state index in [4.69, 9.17) is 9.26 Å². The Kier molecular flexibility index (Phi) is 5.69. The van der Waals surface area contributed by atoms with Gasteiger partial charge in [-0.05, 0) is 17.7 Å². The molecule has 0 amide bonds. The summed E-state index contributed by atoms with van der Waals surface area (Å²) >= 11 is 0. The van der Waals surface area contributed by atoms with E-state index >= 15 is 0 Å². The summed E-state index contributed by atoms with van der Waals surface area (Å²) in [6.07, 6.45) is -1.33. The number of phosphoric acid groups is 1. The van der Waals surface area contributed by atoms with Gasteiger partial charge in [0.05, 0.1) is 7.11 Å². The molecule has 0 aliphatic heterocycles. The van der Waals surface area contributed by atoms with Crippen LogP contribution in [0.15, 0.2) is 54.6 Å². The Morgan fingerprint density at radius 1 is 1.04 bits per heavy atom. The number of Topliss-reactive ketones (excluding diaryl/α,β-unsaturated/α-hetero) is 1. The van der Waals surface area contributed by atoms with Gasteiger partial charge in [-0.15, -0.1) is 0 Å². The maximum atomic E-state index is 12.6. The van der Waals surface area contributed by atoms with Gasteiger partial charge in [0.15, 0.2) is 11.9 Å². The Labute approximate surface area is 134 Å². The zero-order chi connectivity index (χ0) is 16.9. The summed E-state index contributed by atoms with van der Waals surface area (Å²) in [5, 5.41) is 0. The van der Waals surface area contributed by atoms with E-state index in [1.165, 1.54) is 7.11 Å². The molecule has 2 atom stereocenters. The standard InChI is InChI=1S/C16H17O6P/c1-20-14-10-8-13(9-11-14)16(22-23(18,19)21-2)15(17)12-6-4-3-5-7-12/h3-11,16H,1-2H3,(H,18,19)/p-1. The second kappa shape index (κ2) is 7.53. The molecule has 23 heavy (non-hydrogen) atoms. The molecule has 0 spiro atoms. The third-order valence-corrected chi connectivity index (χ3v) is 4.09. The van der Waals surface area contributed by atoms with Crippen molar-refractivity contribution in [3.8, 4) is 5.75 Å². The first-order valence-electron chi connectivity index (χ1n) is 6.75. The lowest BCUT2D eigenvalue weighted by atomic mass is 10.00. The lowest BCUT2D eigenvalue weighted by molar-refractivity contribution is -0.225. The molecule has 2 rings (SSSR count). The van der Waals surface area contributed by atoms with Crippen LogP contribution in [0.4, 0.5) is 0 Å². The first kappa shape index (κ1) is 17.4. The number of phosphoric ester groups is 1. The van der Waals surface area contributed by atoms with Crippen molar-refractivity contribution in [2.75, 3.05) is 14.2 Å². The first-order chi connectivity index (χ1) is 11.0. The maximum Gasteiger partial charge on any atom is 0.268 e. The van der Waals surface area contributed by atoms with Gasteiger partial charge in [0, 0.05) is 12.7 Å². The second-order valence-corrected chi connectivity index (χ2v) is 6.09. The van der Waals surface area contributed by atoms with E-state index in [0.29, 0.717) is 16.9 Å². The normalized spacial score (nSPS) is 14.7. The Morgan fingerprint density at radius 3 is 2.17 bits per heavy atom. The lowest BCUT2D eigenvalue weighted by Crippen LogP contribution is -2.19. The Hall–Kier alpha value is -1.98. The van der Waals surface area contributed by atoms with Crippen LogP contribution in [0.5, 0.6) is 5.75 Å². The van der Waals surface area contributed by atoms with E-state index in [1.807, 2.05) is 0 Å². The van der Waals surface area contributed by atoms with Crippen molar-refractivity contribution >= 4 is 13.6 Å². The number of ether oxygens (including phenoxy) is 1. The van der Waals surface area contributed by atoms with Crippen LogP contribution in [0.2, 0.25) is 0 Å². The molecule has 2 aromatic rings. The average Bonchev–Trinajstić information content (AvgIpc) is 2.60. The van der Waals surface area contributed by atoms with Crippen molar-refractivity contribution < 1.29 is 28.0 Å². The summed E-state index contributed by atoms with van der Waals surface area (Å²) in [6.45, 7) is 0. The van der Waals surface area contributed by atoms with Gasteiger partial charge in [0.1, 0.15) is 5.75 Å². The molecule has 7 heteroatoms. The van der Waals surface area contributed by atoms with Crippen LogP contribution in [0.25, 0.3) is 0 Å².